The van der Waals surface area contributed by atoms with E-state index in [1.54, 1.807) is 0 Å². The number of anilines is 1. The number of carbonyl (C=O) groups is 1. The molecular formula is C15H23NO2. The van der Waals surface area contributed by atoms with Crippen molar-refractivity contribution in [1.82, 2.24) is 0 Å². The second kappa shape index (κ2) is 7.75. The van der Waals surface area contributed by atoms with Crippen molar-refractivity contribution in [3.05, 3.63) is 30.3 Å². The summed E-state index contributed by atoms with van der Waals surface area (Å²) in [5.74, 6) is -0.777. The van der Waals surface area contributed by atoms with Gasteiger partial charge in [-0.1, -0.05) is 44.4 Å². The van der Waals surface area contributed by atoms with Gasteiger partial charge >= 0.3 is 5.97 Å². The Balaban J connectivity index is 2.69. The second-order valence-corrected chi connectivity index (χ2v) is 4.70. The quantitative estimate of drug-likeness (QED) is 0.716. The first-order chi connectivity index (χ1) is 8.65. The Hall–Kier alpha value is -1.51. The molecule has 0 heterocycles. The topological polar surface area (TPSA) is 40.5 Å². The number of para-hydroxylation sites is 1. The fourth-order valence-corrected chi connectivity index (χ4v) is 2.11. The van der Waals surface area contributed by atoms with Crippen LogP contribution >= 0.6 is 0 Å². The van der Waals surface area contributed by atoms with Crippen LogP contribution in [0.3, 0.4) is 0 Å². The van der Waals surface area contributed by atoms with E-state index in [1.807, 2.05) is 35.2 Å². The highest BCUT2D eigenvalue weighted by Gasteiger charge is 2.16. The van der Waals surface area contributed by atoms with E-state index in [2.05, 4.69) is 13.8 Å². The molecule has 18 heavy (non-hydrogen) atoms. The maximum Gasteiger partial charge on any atom is 0.323 e. The first-order valence-electron chi connectivity index (χ1n) is 6.68. The van der Waals surface area contributed by atoms with Crippen molar-refractivity contribution in [3.63, 3.8) is 0 Å². The molecule has 0 radical (unpaired) electrons. The molecule has 1 unspecified atom stereocenters. The molecule has 0 fully saturated rings. The van der Waals surface area contributed by atoms with Crippen molar-refractivity contribution in [2.75, 3.05) is 11.4 Å². The van der Waals surface area contributed by atoms with Crippen LogP contribution in [-0.2, 0) is 4.79 Å². The average Bonchev–Trinajstić information content (AvgIpc) is 2.37. The van der Waals surface area contributed by atoms with Crippen LogP contribution < -0.4 is 4.90 Å². The van der Waals surface area contributed by atoms with Crippen LogP contribution in [0, 0.1) is 0 Å². The lowest BCUT2D eigenvalue weighted by atomic mass is 10.1. The van der Waals surface area contributed by atoms with Gasteiger partial charge in [0.15, 0.2) is 0 Å². The molecule has 0 saturated heterocycles. The highest BCUT2D eigenvalue weighted by atomic mass is 16.4. The lowest BCUT2D eigenvalue weighted by Crippen LogP contribution is -2.37. The summed E-state index contributed by atoms with van der Waals surface area (Å²) in [6, 6.07) is 10.0. The average molecular weight is 249 g/mol. The number of aliphatic carboxylic acids is 1. The number of hydrogen-bond donors (Lipinski definition) is 1. The Labute approximate surface area is 109 Å². The van der Waals surface area contributed by atoms with Crippen molar-refractivity contribution in [2.24, 2.45) is 0 Å². The maximum absolute atomic E-state index is 11.0. The lowest BCUT2D eigenvalue weighted by Gasteiger charge is -2.30. The zero-order valence-corrected chi connectivity index (χ0v) is 11.3. The first-order valence-corrected chi connectivity index (χ1v) is 6.68. The Kier molecular flexibility index (Phi) is 6.26. The summed E-state index contributed by atoms with van der Waals surface area (Å²) in [5, 5.41) is 9.02. The lowest BCUT2D eigenvalue weighted by molar-refractivity contribution is -0.135. The van der Waals surface area contributed by atoms with Crippen LogP contribution in [0.1, 0.15) is 39.5 Å². The first kappa shape index (κ1) is 14.6. The third kappa shape index (κ3) is 4.78. The van der Waals surface area contributed by atoms with Gasteiger partial charge in [-0.05, 0) is 25.5 Å². The summed E-state index contributed by atoms with van der Waals surface area (Å²) in [4.78, 5) is 12.9. The van der Waals surface area contributed by atoms with Gasteiger partial charge < -0.3 is 10.0 Å². The fraction of sp³-hybridized carbons (Fsp3) is 0.533. The third-order valence-corrected chi connectivity index (χ3v) is 3.15. The molecule has 0 bridgehead atoms. The summed E-state index contributed by atoms with van der Waals surface area (Å²) < 4.78 is 0. The van der Waals surface area contributed by atoms with E-state index in [-0.39, 0.29) is 12.6 Å². The molecule has 0 spiro atoms. The molecule has 1 rings (SSSR count). The van der Waals surface area contributed by atoms with Gasteiger partial charge in [-0.2, -0.15) is 0 Å². The van der Waals surface area contributed by atoms with Gasteiger partial charge in [0.25, 0.3) is 0 Å². The van der Waals surface area contributed by atoms with E-state index in [0.29, 0.717) is 0 Å². The normalized spacial score (nSPS) is 12.1. The second-order valence-electron chi connectivity index (χ2n) is 4.70. The highest BCUT2D eigenvalue weighted by molar-refractivity contribution is 5.73. The van der Waals surface area contributed by atoms with Gasteiger partial charge in [-0.15, -0.1) is 0 Å². The molecule has 3 nitrogen and oxygen atoms in total. The van der Waals surface area contributed by atoms with Crippen LogP contribution in [-0.4, -0.2) is 23.7 Å². The number of unbranched alkanes of at least 4 members (excludes halogenated alkanes) is 2. The van der Waals surface area contributed by atoms with Gasteiger partial charge in [-0.3, -0.25) is 4.79 Å². The zero-order chi connectivity index (χ0) is 13.4. The molecule has 1 atom stereocenters. The number of rotatable bonds is 8. The number of carboxylic acids is 1. The monoisotopic (exact) mass is 249 g/mol. The Bertz CT molecular complexity index is 351. The summed E-state index contributed by atoms with van der Waals surface area (Å²) in [6.07, 6.45) is 4.59. The van der Waals surface area contributed by atoms with Crippen molar-refractivity contribution < 1.29 is 9.90 Å². The van der Waals surface area contributed by atoms with Crippen molar-refractivity contribution >= 4 is 11.7 Å². The third-order valence-electron chi connectivity index (χ3n) is 3.15. The predicted octanol–water partition coefficient (Wildman–Crippen LogP) is 3.55. The van der Waals surface area contributed by atoms with E-state index < -0.39 is 5.97 Å². The Morgan fingerprint density at radius 1 is 1.28 bits per heavy atom. The van der Waals surface area contributed by atoms with Gasteiger partial charge in [0.1, 0.15) is 6.54 Å². The molecular weight excluding hydrogens is 226 g/mol. The SMILES string of the molecule is CCCCCC(C)N(CC(=O)O)c1ccccc1. The van der Waals surface area contributed by atoms with Crippen LogP contribution in [0.25, 0.3) is 0 Å². The van der Waals surface area contributed by atoms with Gasteiger partial charge in [-0.25, -0.2) is 0 Å². The number of hydrogen-bond acceptors (Lipinski definition) is 2. The van der Waals surface area contributed by atoms with Gasteiger partial charge in [0.05, 0.1) is 0 Å². The molecule has 1 N–H and O–H groups in total. The van der Waals surface area contributed by atoms with Crippen LogP contribution in [0.5, 0.6) is 0 Å². The Morgan fingerprint density at radius 2 is 1.94 bits per heavy atom. The minimum atomic E-state index is -0.777. The largest absolute Gasteiger partial charge is 0.480 e. The van der Waals surface area contributed by atoms with Crippen LogP contribution in [0.15, 0.2) is 30.3 Å². The van der Waals surface area contributed by atoms with E-state index >= 15 is 0 Å². The molecule has 1 aromatic rings. The molecule has 0 aliphatic heterocycles. The number of nitrogens with zero attached hydrogens (tertiary/aromatic N) is 1. The van der Waals surface area contributed by atoms with Crippen molar-refractivity contribution in [3.8, 4) is 0 Å². The predicted molar refractivity (Wildman–Crippen MR) is 75.0 cm³/mol. The number of benzene rings is 1. The van der Waals surface area contributed by atoms with Crippen molar-refractivity contribution in [1.29, 1.82) is 0 Å². The fourth-order valence-electron chi connectivity index (χ4n) is 2.11. The van der Waals surface area contributed by atoms with Crippen molar-refractivity contribution in [2.45, 2.75) is 45.6 Å². The summed E-state index contributed by atoms with van der Waals surface area (Å²) in [5.41, 5.74) is 0.990. The molecule has 0 aliphatic carbocycles. The van der Waals surface area contributed by atoms with Gasteiger partial charge in [0, 0.05) is 11.7 Å². The standard InChI is InChI=1S/C15H23NO2/c1-3-4-6-9-13(2)16(12-15(17)18)14-10-7-5-8-11-14/h5,7-8,10-11,13H,3-4,6,9,12H2,1-2H3,(H,17,18). The molecule has 0 saturated carbocycles. The summed E-state index contributed by atoms with van der Waals surface area (Å²) >= 11 is 0. The summed E-state index contributed by atoms with van der Waals surface area (Å²) in [6.45, 7) is 4.35. The molecule has 3 heteroatoms. The highest BCUT2D eigenvalue weighted by Crippen LogP contribution is 2.19. The number of carboxylic acid groups (broad SMARTS) is 1. The molecule has 0 amide bonds. The Morgan fingerprint density at radius 3 is 2.50 bits per heavy atom. The smallest absolute Gasteiger partial charge is 0.323 e. The van der Waals surface area contributed by atoms with E-state index in [1.165, 1.54) is 12.8 Å². The zero-order valence-electron chi connectivity index (χ0n) is 11.3. The van der Waals surface area contributed by atoms with Gasteiger partial charge in [0.2, 0.25) is 0 Å². The molecule has 100 valence electrons. The van der Waals surface area contributed by atoms with E-state index in [9.17, 15) is 4.79 Å². The minimum absolute atomic E-state index is 0.0668. The molecule has 1 aromatic carbocycles. The van der Waals surface area contributed by atoms with E-state index in [4.69, 9.17) is 5.11 Å². The molecule has 0 aromatic heterocycles. The van der Waals surface area contributed by atoms with Crippen LogP contribution in [0.2, 0.25) is 0 Å². The minimum Gasteiger partial charge on any atom is -0.480 e. The summed E-state index contributed by atoms with van der Waals surface area (Å²) in [7, 11) is 0. The van der Waals surface area contributed by atoms with Crippen LogP contribution in [0.4, 0.5) is 5.69 Å². The van der Waals surface area contributed by atoms with E-state index in [0.717, 1.165) is 18.5 Å². The molecule has 0 aliphatic rings. The maximum atomic E-state index is 11.0.